The van der Waals surface area contributed by atoms with Crippen molar-refractivity contribution < 1.29 is 4.43 Å². The second-order valence-electron chi connectivity index (χ2n) is 3.41. The Morgan fingerprint density at radius 2 is 1.35 bits per heavy atom. The Bertz CT molecular complexity index is 497. The highest BCUT2D eigenvalue weighted by Gasteiger charge is 2.31. The van der Waals surface area contributed by atoms with Crippen LogP contribution in [0.15, 0.2) is 54.6 Å². The highest BCUT2D eigenvalue weighted by Crippen LogP contribution is 2.34. The molecule has 0 aromatic heterocycles. The van der Waals surface area contributed by atoms with Gasteiger partial charge in [-0.3, -0.25) is 0 Å². The summed E-state index contributed by atoms with van der Waals surface area (Å²) in [6.07, 6.45) is -3.15. The maximum Gasteiger partial charge on any atom is 0.555 e. The highest BCUT2D eigenvalue weighted by atomic mass is 35.8. The van der Waals surface area contributed by atoms with Crippen LogP contribution in [0.5, 0.6) is 5.75 Å². The molecule has 2 aromatic rings. The van der Waals surface area contributed by atoms with Crippen molar-refractivity contribution in [3.05, 3.63) is 54.6 Å². The standard InChI is InChI=1S/C12H9Cl3OSi/c13-17(14,15)16-12-9-5-4-8-11(12)10-6-2-1-3-7-10/h1-9H. The van der Waals surface area contributed by atoms with Crippen molar-refractivity contribution in [3.63, 3.8) is 0 Å². The third-order valence-corrected chi connectivity index (χ3v) is 3.34. The minimum Gasteiger partial charge on any atom is -0.507 e. The summed E-state index contributed by atoms with van der Waals surface area (Å²) in [6, 6.07) is 17.4. The largest absolute Gasteiger partial charge is 0.555 e. The summed E-state index contributed by atoms with van der Waals surface area (Å²) >= 11 is 17.3. The van der Waals surface area contributed by atoms with Gasteiger partial charge in [-0.25, -0.2) is 0 Å². The van der Waals surface area contributed by atoms with E-state index in [1.54, 1.807) is 6.07 Å². The van der Waals surface area contributed by atoms with Gasteiger partial charge in [-0.1, -0.05) is 81.8 Å². The molecule has 0 bridgehead atoms. The summed E-state index contributed by atoms with van der Waals surface area (Å²) in [7, 11) is 0. The Morgan fingerprint density at radius 3 is 2.00 bits per heavy atom. The van der Waals surface area contributed by atoms with Gasteiger partial charge in [0.2, 0.25) is 0 Å². The molecule has 0 aliphatic carbocycles. The summed E-state index contributed by atoms with van der Waals surface area (Å²) in [5.41, 5.74) is 1.96. The molecule has 0 saturated heterocycles. The summed E-state index contributed by atoms with van der Waals surface area (Å²) in [5, 5.41) is 0. The summed E-state index contributed by atoms with van der Waals surface area (Å²) in [5.74, 6) is 0.602. The number of benzene rings is 2. The maximum absolute atomic E-state index is 5.77. The average Bonchev–Trinajstić information content (AvgIpc) is 2.29. The first-order valence-corrected chi connectivity index (χ1v) is 9.91. The zero-order chi connectivity index (χ0) is 12.3. The lowest BCUT2D eigenvalue weighted by atomic mass is 10.1. The van der Waals surface area contributed by atoms with Crippen molar-refractivity contribution in [2.24, 2.45) is 0 Å². The van der Waals surface area contributed by atoms with Gasteiger partial charge in [0.15, 0.2) is 0 Å². The lowest BCUT2D eigenvalue weighted by Crippen LogP contribution is -2.20. The minimum absolute atomic E-state index is 0.602. The van der Waals surface area contributed by atoms with Gasteiger partial charge in [-0.05, 0) is 11.6 Å². The van der Waals surface area contributed by atoms with Crippen LogP contribution in [0, 0.1) is 0 Å². The molecule has 2 aromatic carbocycles. The second-order valence-corrected chi connectivity index (χ2v) is 11.0. The molecule has 0 atom stereocenters. The molecule has 5 heteroatoms. The van der Waals surface area contributed by atoms with Crippen LogP contribution >= 0.6 is 33.2 Å². The molecule has 0 amide bonds. The minimum atomic E-state index is -3.15. The summed E-state index contributed by atoms with van der Waals surface area (Å²) in [4.78, 5) is 0. The third-order valence-electron chi connectivity index (χ3n) is 2.20. The average molecular weight is 304 g/mol. The number of hydrogen-bond donors (Lipinski definition) is 0. The Labute approximate surface area is 115 Å². The summed E-state index contributed by atoms with van der Waals surface area (Å²) in [6.45, 7) is 0. The number of hydrogen-bond acceptors (Lipinski definition) is 1. The van der Waals surface area contributed by atoms with Crippen molar-refractivity contribution in [2.45, 2.75) is 0 Å². The van der Waals surface area contributed by atoms with Crippen LogP contribution in [0.2, 0.25) is 0 Å². The molecule has 88 valence electrons. The topological polar surface area (TPSA) is 9.23 Å². The van der Waals surface area contributed by atoms with Gasteiger partial charge >= 0.3 is 6.25 Å². The van der Waals surface area contributed by atoms with Crippen molar-refractivity contribution in [1.82, 2.24) is 0 Å². The van der Waals surface area contributed by atoms with E-state index < -0.39 is 6.25 Å². The first kappa shape index (κ1) is 12.8. The second kappa shape index (κ2) is 5.32. The number of halogens is 3. The predicted octanol–water partition coefficient (Wildman–Crippen LogP) is 4.88. The van der Waals surface area contributed by atoms with Crippen LogP contribution < -0.4 is 4.43 Å². The van der Waals surface area contributed by atoms with E-state index in [0.29, 0.717) is 5.75 Å². The molecule has 0 heterocycles. The van der Waals surface area contributed by atoms with E-state index in [2.05, 4.69) is 0 Å². The molecular weight excluding hydrogens is 295 g/mol. The maximum atomic E-state index is 5.77. The Balaban J connectivity index is 2.41. The Morgan fingerprint density at radius 1 is 0.765 bits per heavy atom. The molecule has 0 aliphatic heterocycles. The van der Waals surface area contributed by atoms with Crippen LogP contribution in [0.25, 0.3) is 11.1 Å². The van der Waals surface area contributed by atoms with Crippen molar-refractivity contribution in [3.8, 4) is 16.9 Å². The molecule has 2 rings (SSSR count). The van der Waals surface area contributed by atoms with Crippen LogP contribution in [-0.4, -0.2) is 6.25 Å². The molecule has 0 radical (unpaired) electrons. The molecule has 0 N–H and O–H groups in total. The lowest BCUT2D eigenvalue weighted by Gasteiger charge is -2.15. The zero-order valence-electron chi connectivity index (χ0n) is 8.74. The molecule has 0 spiro atoms. The fourth-order valence-electron chi connectivity index (χ4n) is 1.54. The van der Waals surface area contributed by atoms with Gasteiger partial charge in [0.05, 0.1) is 0 Å². The fourth-order valence-corrected chi connectivity index (χ4v) is 2.71. The molecule has 1 nitrogen and oxygen atoms in total. The smallest absolute Gasteiger partial charge is 0.507 e. The van der Waals surface area contributed by atoms with Gasteiger partial charge in [-0.15, -0.1) is 0 Å². The highest BCUT2D eigenvalue weighted by molar-refractivity contribution is 7.62. The monoisotopic (exact) mass is 302 g/mol. The zero-order valence-corrected chi connectivity index (χ0v) is 12.0. The molecule has 0 aliphatic rings. The molecule has 0 unspecified atom stereocenters. The molecule has 0 saturated carbocycles. The van der Waals surface area contributed by atoms with Gasteiger partial charge in [0.1, 0.15) is 5.75 Å². The first-order valence-electron chi connectivity index (χ1n) is 4.96. The van der Waals surface area contributed by atoms with E-state index in [1.165, 1.54) is 0 Å². The van der Waals surface area contributed by atoms with Crippen molar-refractivity contribution in [2.75, 3.05) is 0 Å². The fraction of sp³-hybridized carbons (Fsp3) is 0. The van der Waals surface area contributed by atoms with E-state index in [4.69, 9.17) is 37.7 Å². The van der Waals surface area contributed by atoms with Gasteiger partial charge in [0.25, 0.3) is 0 Å². The Kier molecular flexibility index (Phi) is 3.99. The lowest BCUT2D eigenvalue weighted by molar-refractivity contribution is 0.598. The molecule has 17 heavy (non-hydrogen) atoms. The van der Waals surface area contributed by atoms with Crippen molar-refractivity contribution >= 4 is 39.5 Å². The third kappa shape index (κ3) is 3.65. The van der Waals surface area contributed by atoms with Gasteiger partial charge < -0.3 is 4.43 Å². The van der Waals surface area contributed by atoms with Crippen LogP contribution in [-0.2, 0) is 0 Å². The molecular formula is C12H9Cl3OSi. The van der Waals surface area contributed by atoms with Crippen LogP contribution in [0.1, 0.15) is 0 Å². The van der Waals surface area contributed by atoms with Crippen LogP contribution in [0.3, 0.4) is 0 Å². The van der Waals surface area contributed by atoms with Gasteiger partial charge in [0, 0.05) is 5.56 Å². The first-order chi connectivity index (χ1) is 8.06. The van der Waals surface area contributed by atoms with Gasteiger partial charge in [-0.2, -0.15) is 0 Å². The normalized spacial score (nSPS) is 11.2. The Hall–Kier alpha value is -0.673. The number of para-hydroxylation sites is 1. The molecule has 0 fully saturated rings. The van der Waals surface area contributed by atoms with E-state index in [9.17, 15) is 0 Å². The van der Waals surface area contributed by atoms with E-state index in [-0.39, 0.29) is 0 Å². The van der Waals surface area contributed by atoms with Crippen LogP contribution in [0.4, 0.5) is 0 Å². The summed E-state index contributed by atoms with van der Waals surface area (Å²) < 4.78 is 5.42. The van der Waals surface area contributed by atoms with Crippen molar-refractivity contribution in [1.29, 1.82) is 0 Å². The van der Waals surface area contributed by atoms with E-state index in [1.807, 2.05) is 48.5 Å². The quantitative estimate of drug-likeness (QED) is 0.580. The number of rotatable bonds is 3. The SMILES string of the molecule is Cl[Si](Cl)(Cl)Oc1ccccc1-c1ccccc1. The predicted molar refractivity (Wildman–Crippen MR) is 75.8 cm³/mol. The van der Waals surface area contributed by atoms with E-state index in [0.717, 1.165) is 11.1 Å². The van der Waals surface area contributed by atoms with E-state index >= 15 is 0 Å².